The van der Waals surface area contributed by atoms with Crippen LogP contribution in [-0.2, 0) is 14.3 Å². The van der Waals surface area contributed by atoms with Crippen molar-refractivity contribution in [3.05, 3.63) is 65.2 Å². The smallest absolute Gasteiger partial charge is 0.256 e. The first kappa shape index (κ1) is 26.2. The van der Waals surface area contributed by atoms with E-state index in [1.807, 2.05) is 19.1 Å². The van der Waals surface area contributed by atoms with Crippen LogP contribution in [0.1, 0.15) is 52.0 Å². The summed E-state index contributed by atoms with van der Waals surface area (Å²) in [7, 11) is 1.59. The molecule has 3 amide bonds. The molecular weight excluding hydrogens is 486 g/mol. The molecule has 0 aromatic heterocycles. The summed E-state index contributed by atoms with van der Waals surface area (Å²) in [5, 5.41) is 2.98. The second-order valence-electron chi connectivity index (χ2n) is 10.2. The molecule has 3 aliphatic rings. The topological polar surface area (TPSA) is 97.4 Å². The minimum Gasteiger partial charge on any atom is -0.497 e. The summed E-state index contributed by atoms with van der Waals surface area (Å²) in [5.74, 6) is 0.125. The average Bonchev–Trinajstić information content (AvgIpc) is 3.60. The quantitative estimate of drug-likeness (QED) is 0.628. The number of nitrogens with zero attached hydrogens (tertiary/aromatic N) is 2. The molecule has 2 atom stereocenters. The van der Waals surface area contributed by atoms with Crippen molar-refractivity contribution in [3.8, 4) is 5.75 Å². The molecule has 202 valence electrons. The van der Waals surface area contributed by atoms with Crippen molar-refractivity contribution in [2.24, 2.45) is 0 Å². The van der Waals surface area contributed by atoms with Gasteiger partial charge in [0.25, 0.3) is 11.8 Å². The van der Waals surface area contributed by atoms with Gasteiger partial charge in [-0.1, -0.05) is 17.7 Å². The monoisotopic (exact) mass is 521 g/mol. The molecule has 1 spiro atoms. The van der Waals surface area contributed by atoms with Gasteiger partial charge in [0.05, 0.1) is 19.8 Å². The fraction of sp³-hybridized carbons (Fsp3) is 0.483. The SMILES string of the molecule is COc1ccc(C(=O)N2CCC3(CC2)OC[C@H](C(=O)NC[C@@H]2CCCO2)N3C(=O)c2ccc(C)cc2)cc1. The van der Waals surface area contributed by atoms with Crippen LogP contribution < -0.4 is 10.1 Å². The maximum absolute atomic E-state index is 13.9. The number of piperidine rings is 1. The van der Waals surface area contributed by atoms with Crippen molar-refractivity contribution in [1.82, 2.24) is 15.1 Å². The first-order chi connectivity index (χ1) is 18.4. The molecule has 9 nitrogen and oxygen atoms in total. The number of methoxy groups -OCH3 is 1. The van der Waals surface area contributed by atoms with Gasteiger partial charge in [0.2, 0.25) is 5.91 Å². The molecule has 3 saturated heterocycles. The van der Waals surface area contributed by atoms with Gasteiger partial charge in [0.1, 0.15) is 17.5 Å². The number of ether oxygens (including phenoxy) is 3. The van der Waals surface area contributed by atoms with Gasteiger partial charge in [-0.15, -0.1) is 0 Å². The molecule has 3 fully saturated rings. The Hall–Kier alpha value is -3.43. The highest BCUT2D eigenvalue weighted by atomic mass is 16.5. The van der Waals surface area contributed by atoms with Crippen molar-refractivity contribution < 1.29 is 28.6 Å². The zero-order valence-corrected chi connectivity index (χ0v) is 22.0. The summed E-state index contributed by atoms with van der Waals surface area (Å²) in [6.07, 6.45) is 2.74. The predicted octanol–water partition coefficient (Wildman–Crippen LogP) is 2.77. The van der Waals surface area contributed by atoms with Crippen LogP contribution in [0.25, 0.3) is 0 Å². The van der Waals surface area contributed by atoms with Gasteiger partial charge in [-0.25, -0.2) is 0 Å². The van der Waals surface area contributed by atoms with Crippen molar-refractivity contribution in [1.29, 1.82) is 0 Å². The molecule has 38 heavy (non-hydrogen) atoms. The fourth-order valence-corrected chi connectivity index (χ4v) is 5.52. The molecule has 0 saturated carbocycles. The lowest BCUT2D eigenvalue weighted by molar-refractivity contribution is -0.128. The number of hydrogen-bond donors (Lipinski definition) is 1. The highest BCUT2D eigenvalue weighted by Crippen LogP contribution is 2.39. The van der Waals surface area contributed by atoms with Gasteiger partial charge in [-0.3, -0.25) is 19.3 Å². The Balaban J connectivity index is 1.33. The van der Waals surface area contributed by atoms with E-state index in [9.17, 15) is 14.4 Å². The number of nitrogens with one attached hydrogen (secondary N) is 1. The Labute approximate surface area is 223 Å². The lowest BCUT2D eigenvalue weighted by Gasteiger charge is -2.44. The number of benzene rings is 2. The lowest BCUT2D eigenvalue weighted by Crippen LogP contribution is -2.60. The van der Waals surface area contributed by atoms with E-state index in [0.717, 1.165) is 18.4 Å². The lowest BCUT2D eigenvalue weighted by atomic mass is 9.96. The Kier molecular flexibility index (Phi) is 7.67. The van der Waals surface area contributed by atoms with Gasteiger partial charge >= 0.3 is 0 Å². The summed E-state index contributed by atoms with van der Waals surface area (Å²) in [6.45, 7) is 4.02. The molecule has 2 aromatic rings. The number of rotatable bonds is 6. The first-order valence-electron chi connectivity index (χ1n) is 13.3. The highest BCUT2D eigenvalue weighted by molar-refractivity contribution is 5.98. The van der Waals surface area contributed by atoms with Crippen LogP contribution in [0.5, 0.6) is 5.75 Å². The summed E-state index contributed by atoms with van der Waals surface area (Å²) in [5.41, 5.74) is 1.18. The van der Waals surface area contributed by atoms with Crippen LogP contribution in [0.2, 0.25) is 0 Å². The number of carbonyl (C=O) groups is 3. The average molecular weight is 522 g/mol. The molecule has 3 aliphatic heterocycles. The van der Waals surface area contributed by atoms with Gasteiger partial charge in [-0.2, -0.15) is 0 Å². The van der Waals surface area contributed by atoms with E-state index in [1.165, 1.54) is 0 Å². The van der Waals surface area contributed by atoms with Crippen LogP contribution in [0.4, 0.5) is 0 Å². The molecule has 2 aromatic carbocycles. The number of likely N-dealkylation sites (tertiary alicyclic amines) is 1. The summed E-state index contributed by atoms with van der Waals surface area (Å²) < 4.78 is 17.1. The van der Waals surface area contributed by atoms with E-state index >= 15 is 0 Å². The number of amides is 3. The molecule has 3 heterocycles. The third-order valence-corrected chi connectivity index (χ3v) is 7.78. The highest BCUT2D eigenvalue weighted by Gasteiger charge is 2.54. The summed E-state index contributed by atoms with van der Waals surface area (Å²) >= 11 is 0. The maximum atomic E-state index is 13.9. The van der Waals surface area contributed by atoms with Gasteiger partial charge in [-0.05, 0) is 56.2 Å². The van der Waals surface area contributed by atoms with E-state index in [0.29, 0.717) is 56.0 Å². The molecule has 0 radical (unpaired) electrons. The Morgan fingerprint density at radius 3 is 2.29 bits per heavy atom. The summed E-state index contributed by atoms with van der Waals surface area (Å²) in [4.78, 5) is 43.7. The minimum absolute atomic E-state index is 0.00341. The van der Waals surface area contributed by atoms with Gasteiger partial charge < -0.3 is 24.4 Å². The Morgan fingerprint density at radius 2 is 1.66 bits per heavy atom. The van der Waals surface area contributed by atoms with Crippen molar-refractivity contribution in [2.75, 3.05) is 40.0 Å². The molecule has 0 unspecified atom stereocenters. The Bertz CT molecular complexity index is 1150. The van der Waals surface area contributed by atoms with E-state index in [2.05, 4.69) is 5.32 Å². The second-order valence-corrected chi connectivity index (χ2v) is 10.2. The van der Waals surface area contributed by atoms with E-state index in [1.54, 1.807) is 53.3 Å². The van der Waals surface area contributed by atoms with Crippen LogP contribution >= 0.6 is 0 Å². The molecular formula is C29H35N3O6. The normalized spacial score (nSPS) is 22.5. The standard InChI is InChI=1S/C29H35N3O6/c1-20-5-7-22(8-6-20)28(35)32-25(26(33)30-18-24-4-3-17-37-24)19-38-29(32)13-15-31(16-14-29)27(34)21-9-11-23(36-2)12-10-21/h5-12,24-25H,3-4,13-19H2,1-2H3,(H,30,33)/t24-,25+/m0/s1. The number of aryl methyl sites for hydroxylation is 1. The zero-order valence-electron chi connectivity index (χ0n) is 22.0. The van der Waals surface area contributed by atoms with Crippen molar-refractivity contribution >= 4 is 17.7 Å². The van der Waals surface area contributed by atoms with Crippen LogP contribution in [-0.4, -0.2) is 85.3 Å². The number of carbonyl (C=O) groups excluding carboxylic acids is 3. The van der Waals surface area contributed by atoms with Crippen LogP contribution in [0.15, 0.2) is 48.5 Å². The van der Waals surface area contributed by atoms with Gasteiger partial charge in [0.15, 0.2) is 0 Å². The van der Waals surface area contributed by atoms with Crippen molar-refractivity contribution in [3.63, 3.8) is 0 Å². The maximum Gasteiger partial charge on any atom is 0.256 e. The third kappa shape index (κ3) is 5.26. The minimum atomic E-state index is -0.954. The largest absolute Gasteiger partial charge is 0.497 e. The second kappa shape index (κ2) is 11.1. The molecule has 0 aliphatic carbocycles. The summed E-state index contributed by atoms with van der Waals surface area (Å²) in [6, 6.07) is 13.6. The predicted molar refractivity (Wildman–Crippen MR) is 140 cm³/mol. The first-order valence-corrected chi connectivity index (χ1v) is 13.3. The van der Waals surface area contributed by atoms with Gasteiger partial charge in [0, 0.05) is 50.2 Å². The fourth-order valence-electron chi connectivity index (χ4n) is 5.52. The zero-order chi connectivity index (χ0) is 26.7. The van der Waals surface area contributed by atoms with E-state index in [-0.39, 0.29) is 30.4 Å². The molecule has 5 rings (SSSR count). The van der Waals surface area contributed by atoms with E-state index < -0.39 is 11.8 Å². The van der Waals surface area contributed by atoms with Crippen LogP contribution in [0, 0.1) is 6.92 Å². The molecule has 0 bridgehead atoms. The number of hydrogen-bond acceptors (Lipinski definition) is 6. The van der Waals surface area contributed by atoms with Crippen molar-refractivity contribution in [2.45, 2.75) is 50.5 Å². The van der Waals surface area contributed by atoms with Crippen LogP contribution in [0.3, 0.4) is 0 Å². The third-order valence-electron chi connectivity index (χ3n) is 7.78. The Morgan fingerprint density at radius 1 is 1.00 bits per heavy atom. The molecule has 9 heteroatoms. The van der Waals surface area contributed by atoms with E-state index in [4.69, 9.17) is 14.2 Å². The molecule has 1 N–H and O–H groups in total.